The topological polar surface area (TPSA) is 73.0 Å². The molecule has 7 heteroatoms. The minimum atomic E-state index is -0.0420. The standard InChI is InChI=1S/C47H29N5OS/c53-46-39-23-9-10-24-40(39)48-47-52(46)41-26-25-35(29-42(41)54-47)38-22-8-7-21-37(38)34-19-11-17-32(27-34)33-18-12-20-36(28-33)45-50-43(30-13-3-1-4-14-30)49-44(51-45)31-15-5-2-6-16-31/h1-29H. The molecule has 3 aromatic heterocycles. The summed E-state index contributed by atoms with van der Waals surface area (Å²) in [5.74, 6) is 1.89. The van der Waals surface area contributed by atoms with E-state index in [9.17, 15) is 4.79 Å². The number of hydrogen-bond donors (Lipinski definition) is 0. The Bertz CT molecular complexity index is 3020. The van der Waals surface area contributed by atoms with Crippen LogP contribution in [0.1, 0.15) is 0 Å². The molecule has 0 saturated carbocycles. The van der Waals surface area contributed by atoms with E-state index in [4.69, 9.17) is 19.9 Å². The minimum absolute atomic E-state index is 0.0420. The molecule has 0 fully saturated rings. The molecule has 0 saturated heterocycles. The summed E-state index contributed by atoms with van der Waals surface area (Å²) in [7, 11) is 0. The summed E-state index contributed by atoms with van der Waals surface area (Å²) in [6.07, 6.45) is 0. The Kier molecular flexibility index (Phi) is 7.70. The molecule has 0 atom stereocenters. The van der Waals surface area contributed by atoms with Gasteiger partial charge >= 0.3 is 0 Å². The van der Waals surface area contributed by atoms with Gasteiger partial charge in [0.2, 0.25) is 0 Å². The molecule has 0 spiro atoms. The lowest BCUT2D eigenvalue weighted by molar-refractivity contribution is 1.07. The second kappa shape index (κ2) is 13.2. The van der Waals surface area contributed by atoms with Crippen molar-refractivity contribution in [1.29, 1.82) is 0 Å². The quantitative estimate of drug-likeness (QED) is 0.172. The fourth-order valence-corrected chi connectivity index (χ4v) is 8.13. The van der Waals surface area contributed by atoms with E-state index in [1.54, 1.807) is 4.40 Å². The van der Waals surface area contributed by atoms with E-state index in [1.807, 2.05) is 91.0 Å². The lowest BCUT2D eigenvalue weighted by Gasteiger charge is -2.13. The largest absolute Gasteiger partial charge is 0.268 e. The smallest absolute Gasteiger partial charge is 0.266 e. The molecule has 10 rings (SSSR count). The van der Waals surface area contributed by atoms with E-state index in [2.05, 4.69) is 84.9 Å². The number of fused-ring (bicyclic) bond motifs is 4. The van der Waals surface area contributed by atoms with E-state index in [0.717, 1.165) is 60.3 Å². The molecule has 54 heavy (non-hydrogen) atoms. The Morgan fingerprint density at radius 1 is 0.407 bits per heavy atom. The number of rotatable bonds is 6. The Labute approximate surface area is 314 Å². The number of hydrogen-bond acceptors (Lipinski definition) is 6. The van der Waals surface area contributed by atoms with Gasteiger partial charge in [0.15, 0.2) is 22.4 Å². The first-order valence-electron chi connectivity index (χ1n) is 17.7. The van der Waals surface area contributed by atoms with Crippen molar-refractivity contribution in [3.8, 4) is 67.5 Å². The molecule has 0 aliphatic carbocycles. The molecular weight excluding hydrogens is 683 g/mol. The van der Waals surface area contributed by atoms with Crippen LogP contribution in [0.15, 0.2) is 181 Å². The zero-order valence-corrected chi connectivity index (χ0v) is 29.6. The average Bonchev–Trinajstić information content (AvgIpc) is 3.62. The fraction of sp³-hybridized carbons (Fsp3) is 0. The lowest BCUT2D eigenvalue weighted by Crippen LogP contribution is -2.13. The van der Waals surface area contributed by atoms with Gasteiger partial charge in [-0.05, 0) is 69.8 Å². The van der Waals surface area contributed by atoms with Crippen LogP contribution in [0.5, 0.6) is 0 Å². The van der Waals surface area contributed by atoms with Crippen LogP contribution in [-0.4, -0.2) is 24.3 Å². The predicted molar refractivity (Wildman–Crippen MR) is 220 cm³/mol. The molecule has 7 aromatic carbocycles. The first-order chi connectivity index (χ1) is 26.7. The van der Waals surface area contributed by atoms with Gasteiger partial charge in [-0.3, -0.25) is 9.20 Å². The Morgan fingerprint density at radius 2 is 0.907 bits per heavy atom. The maximum absolute atomic E-state index is 13.5. The van der Waals surface area contributed by atoms with Crippen LogP contribution in [-0.2, 0) is 0 Å². The summed E-state index contributed by atoms with van der Waals surface area (Å²) in [4.78, 5) is 33.8. The van der Waals surface area contributed by atoms with Crippen molar-refractivity contribution in [2.75, 3.05) is 0 Å². The zero-order valence-electron chi connectivity index (χ0n) is 28.8. The van der Waals surface area contributed by atoms with Crippen molar-refractivity contribution >= 4 is 37.4 Å². The van der Waals surface area contributed by atoms with Crippen LogP contribution in [0, 0.1) is 0 Å². The highest BCUT2D eigenvalue weighted by Crippen LogP contribution is 2.37. The van der Waals surface area contributed by atoms with E-state index in [-0.39, 0.29) is 5.56 Å². The van der Waals surface area contributed by atoms with E-state index in [0.29, 0.717) is 33.3 Å². The number of para-hydroxylation sites is 1. The summed E-state index contributed by atoms with van der Waals surface area (Å²) in [5.41, 5.74) is 10.9. The van der Waals surface area contributed by atoms with Gasteiger partial charge in [-0.2, -0.15) is 0 Å². The van der Waals surface area contributed by atoms with Gasteiger partial charge in [-0.25, -0.2) is 19.9 Å². The average molecular weight is 712 g/mol. The van der Waals surface area contributed by atoms with Crippen LogP contribution in [0.2, 0.25) is 0 Å². The molecule has 0 N–H and O–H groups in total. The SMILES string of the molecule is O=c1c2ccccc2nc2sc3cc(-c4ccccc4-c4cccc(-c5cccc(-c6nc(-c7ccccc7)nc(-c7ccccc7)n6)c5)c4)ccc3n12. The lowest BCUT2D eigenvalue weighted by atomic mass is 9.92. The number of benzene rings is 7. The van der Waals surface area contributed by atoms with Crippen molar-refractivity contribution in [2.45, 2.75) is 0 Å². The van der Waals surface area contributed by atoms with Gasteiger partial charge in [-0.15, -0.1) is 0 Å². The highest BCUT2D eigenvalue weighted by molar-refractivity contribution is 7.23. The normalized spacial score (nSPS) is 11.4. The van der Waals surface area contributed by atoms with Crippen LogP contribution in [0.25, 0.3) is 93.6 Å². The molecular formula is C47H29N5OS. The van der Waals surface area contributed by atoms with Crippen molar-refractivity contribution in [1.82, 2.24) is 24.3 Å². The molecule has 6 nitrogen and oxygen atoms in total. The molecule has 3 heterocycles. The number of thiazole rings is 1. The van der Waals surface area contributed by atoms with Gasteiger partial charge < -0.3 is 0 Å². The summed E-state index contributed by atoms with van der Waals surface area (Å²) >= 11 is 1.54. The molecule has 0 radical (unpaired) electrons. The first-order valence-corrected chi connectivity index (χ1v) is 18.5. The Hall–Kier alpha value is -7.09. The third kappa shape index (κ3) is 5.64. The Balaban J connectivity index is 1.04. The van der Waals surface area contributed by atoms with Gasteiger partial charge in [0.25, 0.3) is 5.56 Å². The van der Waals surface area contributed by atoms with Crippen LogP contribution >= 0.6 is 11.3 Å². The highest BCUT2D eigenvalue weighted by atomic mass is 32.1. The number of nitrogens with zero attached hydrogens (tertiary/aromatic N) is 5. The van der Waals surface area contributed by atoms with Crippen LogP contribution in [0.4, 0.5) is 0 Å². The second-order valence-electron chi connectivity index (χ2n) is 13.1. The third-order valence-corrected chi connectivity index (χ3v) is 10.7. The highest BCUT2D eigenvalue weighted by Gasteiger charge is 2.16. The zero-order chi connectivity index (χ0) is 36.0. The predicted octanol–water partition coefficient (Wildman–Crippen LogP) is 11.2. The fourth-order valence-electron chi connectivity index (χ4n) is 7.07. The minimum Gasteiger partial charge on any atom is -0.268 e. The van der Waals surface area contributed by atoms with Crippen molar-refractivity contribution in [3.63, 3.8) is 0 Å². The molecule has 0 aliphatic heterocycles. The second-order valence-corrected chi connectivity index (χ2v) is 14.1. The maximum Gasteiger partial charge on any atom is 0.266 e. The molecule has 10 aromatic rings. The van der Waals surface area contributed by atoms with E-state index >= 15 is 0 Å². The maximum atomic E-state index is 13.5. The van der Waals surface area contributed by atoms with E-state index in [1.165, 1.54) is 11.3 Å². The summed E-state index contributed by atoms with van der Waals surface area (Å²) in [5, 5.41) is 0.622. The monoisotopic (exact) mass is 711 g/mol. The van der Waals surface area contributed by atoms with Crippen molar-refractivity contribution in [3.05, 3.63) is 186 Å². The molecule has 0 amide bonds. The van der Waals surface area contributed by atoms with Gasteiger partial charge in [0, 0.05) is 16.7 Å². The Morgan fingerprint density at radius 3 is 1.57 bits per heavy atom. The van der Waals surface area contributed by atoms with Gasteiger partial charge in [0.1, 0.15) is 0 Å². The summed E-state index contributed by atoms with van der Waals surface area (Å²) < 4.78 is 2.74. The molecule has 0 bridgehead atoms. The molecule has 0 unspecified atom stereocenters. The number of aromatic nitrogens is 5. The van der Waals surface area contributed by atoms with Gasteiger partial charge in [-0.1, -0.05) is 151 Å². The summed E-state index contributed by atoms with van der Waals surface area (Å²) in [6, 6.07) is 59.4. The van der Waals surface area contributed by atoms with Crippen LogP contribution in [0.3, 0.4) is 0 Å². The first kappa shape index (κ1) is 31.6. The van der Waals surface area contributed by atoms with Crippen molar-refractivity contribution in [2.24, 2.45) is 0 Å². The van der Waals surface area contributed by atoms with Crippen LogP contribution < -0.4 is 5.56 Å². The van der Waals surface area contributed by atoms with Crippen molar-refractivity contribution < 1.29 is 0 Å². The molecule has 0 aliphatic rings. The van der Waals surface area contributed by atoms with Gasteiger partial charge in [0.05, 0.1) is 21.1 Å². The summed E-state index contributed by atoms with van der Waals surface area (Å²) in [6.45, 7) is 0. The van der Waals surface area contributed by atoms with E-state index < -0.39 is 0 Å². The third-order valence-electron chi connectivity index (χ3n) is 9.71. The molecule has 254 valence electrons.